The highest BCUT2D eigenvalue weighted by Crippen LogP contribution is 2.31. The van der Waals surface area contributed by atoms with E-state index in [9.17, 15) is 13.2 Å². The number of amides is 1. The number of aromatic nitrogens is 1. The van der Waals surface area contributed by atoms with Crippen LogP contribution < -0.4 is 4.90 Å². The average Bonchev–Trinajstić information content (AvgIpc) is 3.32. The third-order valence-corrected chi connectivity index (χ3v) is 9.52. The number of carbonyl (C=O) groups is 1. The maximum atomic E-state index is 13.7. The number of carbonyl (C=O) groups excluding carboxylic acids is 1. The van der Waals surface area contributed by atoms with Gasteiger partial charge in [0, 0.05) is 45.3 Å². The van der Waals surface area contributed by atoms with E-state index in [0.29, 0.717) is 23.8 Å². The Morgan fingerprint density at radius 3 is 2.47 bits per heavy atom. The molecular weight excluding hydrogens is 544 g/mol. The highest BCUT2D eigenvalue weighted by molar-refractivity contribution is 7.89. The van der Waals surface area contributed by atoms with Crippen LogP contribution in [0.2, 0.25) is 0 Å². The van der Waals surface area contributed by atoms with Gasteiger partial charge in [0.25, 0.3) is 5.91 Å². The molecule has 0 aliphatic carbocycles. The molecule has 3 aromatic rings. The first-order valence-electron chi connectivity index (χ1n) is 12.8. The molecule has 0 atom stereocenters. The highest BCUT2D eigenvalue weighted by atomic mass is 35.5. The van der Waals surface area contributed by atoms with Gasteiger partial charge in [-0.25, -0.2) is 17.7 Å². The largest absolute Gasteiger partial charge is 0.379 e. The van der Waals surface area contributed by atoms with Crippen molar-refractivity contribution < 1.29 is 17.9 Å². The van der Waals surface area contributed by atoms with E-state index in [0.717, 1.165) is 67.9 Å². The molecule has 8 nitrogen and oxygen atoms in total. The van der Waals surface area contributed by atoms with Gasteiger partial charge in [-0.05, 0) is 61.7 Å². The molecule has 1 fully saturated rings. The maximum absolute atomic E-state index is 13.7. The summed E-state index contributed by atoms with van der Waals surface area (Å²) >= 11 is 1.51. The number of hydrogen-bond donors (Lipinski definition) is 0. The molecule has 11 heteroatoms. The van der Waals surface area contributed by atoms with Gasteiger partial charge in [0.05, 0.1) is 28.3 Å². The Balaban J connectivity index is 0.00000400. The van der Waals surface area contributed by atoms with Gasteiger partial charge in [-0.3, -0.25) is 14.6 Å². The fraction of sp³-hybridized carbons (Fsp3) is 0.481. The molecule has 1 amide bonds. The molecule has 0 unspecified atom stereocenters. The minimum absolute atomic E-state index is 0. The van der Waals surface area contributed by atoms with E-state index in [2.05, 4.69) is 11.0 Å². The molecule has 1 aromatic heterocycles. The van der Waals surface area contributed by atoms with Crippen molar-refractivity contribution in [1.82, 2.24) is 14.2 Å². The third-order valence-electron chi connectivity index (χ3n) is 6.60. The predicted molar refractivity (Wildman–Crippen MR) is 156 cm³/mol. The lowest BCUT2D eigenvalue weighted by molar-refractivity contribution is 0.0376. The molecule has 2 aromatic carbocycles. The number of benzene rings is 2. The first-order chi connectivity index (χ1) is 17.8. The van der Waals surface area contributed by atoms with Gasteiger partial charge in [0.1, 0.15) is 0 Å². The van der Waals surface area contributed by atoms with Crippen LogP contribution in [0.25, 0.3) is 10.2 Å². The summed E-state index contributed by atoms with van der Waals surface area (Å²) < 4.78 is 33.7. The number of hydrogen-bond acceptors (Lipinski definition) is 7. The Hall–Kier alpha value is -2.08. The summed E-state index contributed by atoms with van der Waals surface area (Å²) in [5, 5.41) is 0.656. The number of anilines is 1. The van der Waals surface area contributed by atoms with Crippen LogP contribution in [0.15, 0.2) is 47.4 Å². The second-order valence-corrected chi connectivity index (χ2v) is 12.5. The summed E-state index contributed by atoms with van der Waals surface area (Å²) in [4.78, 5) is 22.7. The van der Waals surface area contributed by atoms with E-state index in [1.807, 2.05) is 26.0 Å². The van der Waals surface area contributed by atoms with E-state index in [1.165, 1.54) is 27.8 Å². The van der Waals surface area contributed by atoms with Crippen molar-refractivity contribution in [2.75, 3.05) is 57.9 Å². The first kappa shape index (κ1) is 30.5. The number of fused-ring (bicyclic) bond motifs is 1. The summed E-state index contributed by atoms with van der Waals surface area (Å²) in [5.74, 6) is -0.180. The van der Waals surface area contributed by atoms with Crippen LogP contribution in [0.4, 0.5) is 5.13 Å². The Kier molecular flexibility index (Phi) is 11.1. The number of morpholine rings is 1. The number of thiazole rings is 1. The lowest BCUT2D eigenvalue weighted by Gasteiger charge is -2.27. The number of rotatable bonds is 11. The van der Waals surface area contributed by atoms with Crippen LogP contribution in [0.5, 0.6) is 0 Å². The van der Waals surface area contributed by atoms with Crippen molar-refractivity contribution in [2.24, 2.45) is 0 Å². The maximum Gasteiger partial charge on any atom is 0.260 e. The lowest BCUT2D eigenvalue weighted by Crippen LogP contribution is -2.39. The van der Waals surface area contributed by atoms with E-state index < -0.39 is 10.0 Å². The Morgan fingerprint density at radius 1 is 1.08 bits per heavy atom. The standard InChI is InChI=1S/C27H36N4O4S2.ClH/c1-4-5-13-29(3)37(33,34)23-10-8-22(9-11-23)26(32)31(15-6-14-30-16-18-35-19-17-30)27-28-24-12-7-21(2)20-25(24)36-27;/h7-12,20H,4-6,13-19H2,1-3H3;1H. The second-order valence-electron chi connectivity index (χ2n) is 9.44. The smallest absolute Gasteiger partial charge is 0.260 e. The first-order valence-corrected chi connectivity index (χ1v) is 15.1. The van der Waals surface area contributed by atoms with Gasteiger partial charge < -0.3 is 4.74 Å². The molecule has 1 saturated heterocycles. The van der Waals surface area contributed by atoms with E-state index in [-0.39, 0.29) is 23.2 Å². The summed E-state index contributed by atoms with van der Waals surface area (Å²) in [6.07, 6.45) is 2.52. The summed E-state index contributed by atoms with van der Waals surface area (Å²) in [6.45, 7) is 9.21. The van der Waals surface area contributed by atoms with Crippen molar-refractivity contribution in [3.05, 3.63) is 53.6 Å². The van der Waals surface area contributed by atoms with Crippen molar-refractivity contribution in [3.63, 3.8) is 0 Å². The summed E-state index contributed by atoms with van der Waals surface area (Å²) in [5.41, 5.74) is 2.46. The van der Waals surface area contributed by atoms with E-state index in [1.54, 1.807) is 24.1 Å². The number of sulfonamides is 1. The third kappa shape index (κ3) is 7.31. The van der Waals surface area contributed by atoms with Crippen molar-refractivity contribution >= 4 is 55.0 Å². The lowest BCUT2D eigenvalue weighted by atomic mass is 10.2. The van der Waals surface area contributed by atoms with Gasteiger partial charge in [-0.1, -0.05) is 30.7 Å². The van der Waals surface area contributed by atoms with Crippen LogP contribution in [0.3, 0.4) is 0 Å². The van der Waals surface area contributed by atoms with Crippen molar-refractivity contribution in [1.29, 1.82) is 0 Å². The molecule has 0 N–H and O–H groups in total. The van der Waals surface area contributed by atoms with Crippen LogP contribution in [-0.2, 0) is 14.8 Å². The Morgan fingerprint density at radius 2 is 1.79 bits per heavy atom. The number of halogens is 1. The molecule has 4 rings (SSSR count). The normalized spacial score (nSPS) is 14.5. The number of ether oxygens (including phenoxy) is 1. The zero-order valence-corrected chi connectivity index (χ0v) is 24.7. The van der Waals surface area contributed by atoms with Crippen molar-refractivity contribution in [3.8, 4) is 0 Å². The molecule has 0 bridgehead atoms. The van der Waals surface area contributed by atoms with Gasteiger partial charge in [-0.15, -0.1) is 12.4 Å². The second kappa shape index (κ2) is 13.8. The molecule has 2 heterocycles. The Bertz CT molecular complexity index is 1310. The minimum atomic E-state index is -3.59. The monoisotopic (exact) mass is 580 g/mol. The molecule has 1 aliphatic heterocycles. The predicted octanol–water partition coefficient (Wildman–Crippen LogP) is 4.82. The van der Waals surface area contributed by atoms with Crippen LogP contribution in [-0.4, -0.2) is 81.5 Å². The fourth-order valence-corrected chi connectivity index (χ4v) is 6.60. The van der Waals surface area contributed by atoms with Gasteiger partial charge >= 0.3 is 0 Å². The molecule has 208 valence electrons. The SMILES string of the molecule is CCCCN(C)S(=O)(=O)c1ccc(C(=O)N(CCCN2CCOCC2)c2nc3ccc(C)cc3s2)cc1.Cl. The zero-order valence-electron chi connectivity index (χ0n) is 22.3. The average molecular weight is 581 g/mol. The molecule has 1 aliphatic rings. The molecule has 0 spiro atoms. The van der Waals surface area contributed by atoms with Gasteiger partial charge in [-0.2, -0.15) is 0 Å². The zero-order chi connectivity index (χ0) is 26.4. The highest BCUT2D eigenvalue weighted by Gasteiger charge is 2.24. The van der Waals surface area contributed by atoms with Crippen LogP contribution in [0, 0.1) is 6.92 Å². The summed E-state index contributed by atoms with van der Waals surface area (Å²) in [7, 11) is -2.00. The molecular formula is C27H37ClN4O4S2. The topological polar surface area (TPSA) is 83.1 Å². The summed E-state index contributed by atoms with van der Waals surface area (Å²) in [6, 6.07) is 12.4. The number of unbranched alkanes of at least 4 members (excludes halogenated alkanes) is 1. The quantitative estimate of drug-likeness (QED) is 0.323. The van der Waals surface area contributed by atoms with Crippen LogP contribution >= 0.6 is 23.7 Å². The fourth-order valence-electron chi connectivity index (χ4n) is 4.30. The number of nitrogens with zero attached hydrogens (tertiary/aromatic N) is 4. The van der Waals surface area contributed by atoms with Crippen molar-refractivity contribution in [2.45, 2.75) is 38.0 Å². The molecule has 38 heavy (non-hydrogen) atoms. The Labute approximate surface area is 236 Å². The minimum Gasteiger partial charge on any atom is -0.379 e. The molecule has 0 saturated carbocycles. The van der Waals surface area contributed by atoms with Gasteiger partial charge in [0.15, 0.2) is 5.13 Å². The van der Waals surface area contributed by atoms with Gasteiger partial charge in [0.2, 0.25) is 10.0 Å². The van der Waals surface area contributed by atoms with E-state index >= 15 is 0 Å². The van der Waals surface area contributed by atoms with E-state index in [4.69, 9.17) is 9.72 Å². The molecule has 0 radical (unpaired) electrons. The number of aryl methyl sites for hydroxylation is 1. The van der Waals surface area contributed by atoms with Crippen LogP contribution in [0.1, 0.15) is 42.1 Å².